The molecule has 0 saturated carbocycles. The van der Waals surface area contributed by atoms with E-state index in [1.54, 1.807) is 0 Å². The number of hydrogen-bond acceptors (Lipinski definition) is 3. The van der Waals surface area contributed by atoms with Gasteiger partial charge in [0.2, 0.25) is 0 Å². The van der Waals surface area contributed by atoms with E-state index in [4.69, 9.17) is 0 Å². The van der Waals surface area contributed by atoms with Gasteiger partial charge in [-0.2, -0.15) is 10.4 Å². The average Bonchev–Trinajstić information content (AvgIpc) is 2.78. The molecule has 0 aromatic carbocycles. The maximum Gasteiger partial charge on any atom is 0.145 e. The molecular weight excluding hydrogens is 212 g/mol. The van der Waals surface area contributed by atoms with Crippen molar-refractivity contribution in [3.63, 3.8) is 0 Å². The zero-order valence-electron chi connectivity index (χ0n) is 11.1. The van der Waals surface area contributed by atoms with Crippen molar-refractivity contribution in [2.75, 3.05) is 4.90 Å². The SMILES string of the molecule is CCC1CCC(C)N1c1c(C#N)c(C)nn1C. The molecule has 0 aliphatic carbocycles. The van der Waals surface area contributed by atoms with Crippen LogP contribution in [0.1, 0.15) is 44.4 Å². The number of aryl methyl sites for hydroxylation is 2. The molecule has 4 nitrogen and oxygen atoms in total. The molecule has 4 heteroatoms. The highest BCUT2D eigenvalue weighted by Gasteiger charge is 2.33. The van der Waals surface area contributed by atoms with E-state index in [0.29, 0.717) is 12.1 Å². The summed E-state index contributed by atoms with van der Waals surface area (Å²) in [6.45, 7) is 6.36. The van der Waals surface area contributed by atoms with Gasteiger partial charge in [0, 0.05) is 19.1 Å². The van der Waals surface area contributed by atoms with Gasteiger partial charge in [0.1, 0.15) is 17.5 Å². The zero-order chi connectivity index (χ0) is 12.6. The number of aromatic nitrogens is 2. The highest BCUT2D eigenvalue weighted by molar-refractivity contribution is 5.58. The fourth-order valence-electron chi connectivity index (χ4n) is 2.93. The molecule has 0 spiro atoms. The van der Waals surface area contributed by atoms with Gasteiger partial charge < -0.3 is 4.90 Å². The molecule has 0 N–H and O–H groups in total. The van der Waals surface area contributed by atoms with Gasteiger partial charge in [-0.3, -0.25) is 4.68 Å². The zero-order valence-corrected chi connectivity index (χ0v) is 11.1. The van der Waals surface area contributed by atoms with Crippen LogP contribution in [-0.4, -0.2) is 21.9 Å². The molecule has 1 aromatic rings. The van der Waals surface area contributed by atoms with Crippen molar-refractivity contribution in [2.45, 2.75) is 52.1 Å². The van der Waals surface area contributed by atoms with Crippen LogP contribution in [0.15, 0.2) is 0 Å². The minimum Gasteiger partial charge on any atom is -0.350 e. The molecule has 2 atom stereocenters. The molecule has 1 aliphatic rings. The Bertz CT molecular complexity index is 455. The Labute approximate surface area is 103 Å². The van der Waals surface area contributed by atoms with Crippen LogP contribution in [0, 0.1) is 18.3 Å². The fourth-order valence-corrected chi connectivity index (χ4v) is 2.93. The monoisotopic (exact) mass is 232 g/mol. The summed E-state index contributed by atoms with van der Waals surface area (Å²) in [6, 6.07) is 3.35. The standard InChI is InChI=1S/C13H20N4/c1-5-11-7-6-9(2)17(11)13-12(8-14)10(3)15-16(13)4/h9,11H,5-7H2,1-4H3. The van der Waals surface area contributed by atoms with Gasteiger partial charge >= 0.3 is 0 Å². The van der Waals surface area contributed by atoms with E-state index in [2.05, 4.69) is 29.9 Å². The fraction of sp³-hybridized carbons (Fsp3) is 0.692. The first-order chi connectivity index (χ1) is 8.10. The molecule has 17 heavy (non-hydrogen) atoms. The number of hydrogen-bond donors (Lipinski definition) is 0. The molecule has 1 saturated heterocycles. The van der Waals surface area contributed by atoms with Crippen molar-refractivity contribution in [3.05, 3.63) is 11.3 Å². The van der Waals surface area contributed by atoms with E-state index in [1.807, 2.05) is 18.7 Å². The molecule has 0 radical (unpaired) electrons. The number of nitrogens with zero attached hydrogens (tertiary/aromatic N) is 4. The highest BCUT2D eigenvalue weighted by Crippen LogP contribution is 2.34. The molecule has 0 bridgehead atoms. The number of anilines is 1. The van der Waals surface area contributed by atoms with E-state index in [-0.39, 0.29) is 0 Å². The molecular formula is C13H20N4. The first-order valence-corrected chi connectivity index (χ1v) is 6.32. The second kappa shape index (κ2) is 4.40. The Morgan fingerprint density at radius 1 is 1.47 bits per heavy atom. The second-order valence-electron chi connectivity index (χ2n) is 4.92. The van der Waals surface area contributed by atoms with Crippen LogP contribution in [0.25, 0.3) is 0 Å². The molecule has 1 aromatic heterocycles. The topological polar surface area (TPSA) is 44.9 Å². The first kappa shape index (κ1) is 12.0. The summed E-state index contributed by atoms with van der Waals surface area (Å²) >= 11 is 0. The van der Waals surface area contributed by atoms with Crippen LogP contribution < -0.4 is 4.90 Å². The molecule has 2 heterocycles. The third-order valence-electron chi connectivity index (χ3n) is 3.81. The van der Waals surface area contributed by atoms with Crippen molar-refractivity contribution in [1.82, 2.24) is 9.78 Å². The van der Waals surface area contributed by atoms with Crippen LogP contribution in [-0.2, 0) is 7.05 Å². The quantitative estimate of drug-likeness (QED) is 0.786. The third-order valence-corrected chi connectivity index (χ3v) is 3.81. The Hall–Kier alpha value is -1.50. The Morgan fingerprint density at radius 3 is 2.76 bits per heavy atom. The lowest BCUT2D eigenvalue weighted by Gasteiger charge is -2.30. The summed E-state index contributed by atoms with van der Waals surface area (Å²) in [5, 5.41) is 13.7. The van der Waals surface area contributed by atoms with E-state index >= 15 is 0 Å². The summed E-state index contributed by atoms with van der Waals surface area (Å²) in [4.78, 5) is 2.39. The highest BCUT2D eigenvalue weighted by atomic mass is 15.4. The van der Waals surface area contributed by atoms with Gasteiger partial charge in [0.25, 0.3) is 0 Å². The van der Waals surface area contributed by atoms with Crippen molar-refractivity contribution in [3.8, 4) is 6.07 Å². The van der Waals surface area contributed by atoms with Crippen LogP contribution in [0.4, 0.5) is 5.82 Å². The maximum absolute atomic E-state index is 9.29. The van der Waals surface area contributed by atoms with E-state index in [0.717, 1.165) is 23.5 Å². The Balaban J connectivity index is 2.49. The normalized spacial score (nSPS) is 24.1. The van der Waals surface area contributed by atoms with Crippen molar-refractivity contribution >= 4 is 5.82 Å². The number of nitriles is 1. The number of rotatable bonds is 2. The smallest absolute Gasteiger partial charge is 0.145 e. The second-order valence-corrected chi connectivity index (χ2v) is 4.92. The Morgan fingerprint density at radius 2 is 2.18 bits per heavy atom. The van der Waals surface area contributed by atoms with Crippen LogP contribution >= 0.6 is 0 Å². The molecule has 1 aliphatic heterocycles. The van der Waals surface area contributed by atoms with Crippen LogP contribution in [0.2, 0.25) is 0 Å². The minimum atomic E-state index is 0.502. The van der Waals surface area contributed by atoms with Crippen LogP contribution in [0.5, 0.6) is 0 Å². The van der Waals surface area contributed by atoms with Gasteiger partial charge in [-0.1, -0.05) is 6.92 Å². The largest absolute Gasteiger partial charge is 0.350 e. The van der Waals surface area contributed by atoms with E-state index in [1.165, 1.54) is 12.8 Å². The predicted molar refractivity (Wildman–Crippen MR) is 67.9 cm³/mol. The third kappa shape index (κ3) is 1.80. The average molecular weight is 232 g/mol. The molecule has 0 amide bonds. The van der Waals surface area contributed by atoms with Crippen LogP contribution in [0.3, 0.4) is 0 Å². The van der Waals surface area contributed by atoms with Crippen molar-refractivity contribution in [1.29, 1.82) is 5.26 Å². The van der Waals surface area contributed by atoms with Crippen molar-refractivity contribution < 1.29 is 0 Å². The Kier molecular flexibility index (Phi) is 3.10. The summed E-state index contributed by atoms with van der Waals surface area (Å²) in [7, 11) is 1.93. The molecule has 1 fully saturated rings. The van der Waals surface area contributed by atoms with Gasteiger partial charge in [0.15, 0.2) is 0 Å². The van der Waals surface area contributed by atoms with Crippen molar-refractivity contribution in [2.24, 2.45) is 7.05 Å². The van der Waals surface area contributed by atoms with Gasteiger partial charge in [-0.25, -0.2) is 0 Å². The maximum atomic E-state index is 9.29. The first-order valence-electron chi connectivity index (χ1n) is 6.32. The molecule has 2 rings (SSSR count). The minimum absolute atomic E-state index is 0.502. The van der Waals surface area contributed by atoms with E-state index < -0.39 is 0 Å². The lowest BCUT2D eigenvalue weighted by atomic mass is 10.1. The lowest BCUT2D eigenvalue weighted by molar-refractivity contribution is 0.597. The molecule has 92 valence electrons. The summed E-state index contributed by atoms with van der Waals surface area (Å²) in [5.74, 6) is 1.00. The summed E-state index contributed by atoms with van der Waals surface area (Å²) in [6.07, 6.45) is 3.54. The predicted octanol–water partition coefficient (Wildman–Crippen LogP) is 2.37. The van der Waals surface area contributed by atoms with Gasteiger partial charge in [0.05, 0.1) is 5.69 Å². The summed E-state index contributed by atoms with van der Waals surface area (Å²) < 4.78 is 1.86. The summed E-state index contributed by atoms with van der Waals surface area (Å²) in [5.41, 5.74) is 1.57. The van der Waals surface area contributed by atoms with E-state index in [9.17, 15) is 5.26 Å². The van der Waals surface area contributed by atoms with Gasteiger partial charge in [-0.05, 0) is 33.1 Å². The van der Waals surface area contributed by atoms with Gasteiger partial charge in [-0.15, -0.1) is 0 Å². The molecule has 2 unspecified atom stereocenters. The lowest BCUT2D eigenvalue weighted by Crippen LogP contribution is -2.36.